The second kappa shape index (κ2) is 8.07. The standard InChI is InChI=1S/C23H26N2O4/c1-28-21-8-5-15(11-22(21)29-2)10-16-4-3-9-25(14-16)23(27)20-12-17-6-7-18(26)13-19(17)24-20/h5-8,11-13,16,24,26H,3-4,9-10,14H2,1-2H3. The molecule has 152 valence electrons. The fourth-order valence-electron chi connectivity index (χ4n) is 4.16. The number of aromatic hydroxyl groups is 1. The van der Waals surface area contributed by atoms with Gasteiger partial charge < -0.3 is 24.5 Å². The molecule has 1 aliphatic heterocycles. The van der Waals surface area contributed by atoms with Crippen LogP contribution in [0.1, 0.15) is 28.9 Å². The number of likely N-dealkylation sites (tertiary alicyclic amines) is 1. The van der Waals surface area contributed by atoms with Crippen molar-refractivity contribution in [1.29, 1.82) is 0 Å². The molecular weight excluding hydrogens is 368 g/mol. The van der Waals surface area contributed by atoms with Crippen molar-refractivity contribution in [1.82, 2.24) is 9.88 Å². The lowest BCUT2D eigenvalue weighted by molar-refractivity contribution is 0.0668. The second-order valence-corrected chi connectivity index (χ2v) is 7.61. The summed E-state index contributed by atoms with van der Waals surface area (Å²) in [6, 6.07) is 13.0. The number of hydrogen-bond acceptors (Lipinski definition) is 4. The van der Waals surface area contributed by atoms with Crippen LogP contribution in [0.3, 0.4) is 0 Å². The number of rotatable bonds is 5. The smallest absolute Gasteiger partial charge is 0.270 e. The maximum Gasteiger partial charge on any atom is 0.270 e. The average Bonchev–Trinajstić information content (AvgIpc) is 3.16. The Kier molecular flexibility index (Phi) is 5.34. The van der Waals surface area contributed by atoms with Gasteiger partial charge in [0.1, 0.15) is 11.4 Å². The third kappa shape index (κ3) is 4.01. The number of aromatic amines is 1. The van der Waals surface area contributed by atoms with Crippen molar-refractivity contribution in [2.45, 2.75) is 19.3 Å². The maximum atomic E-state index is 13.0. The first-order chi connectivity index (χ1) is 14.1. The van der Waals surface area contributed by atoms with Gasteiger partial charge in [0.05, 0.1) is 14.2 Å². The van der Waals surface area contributed by atoms with E-state index in [9.17, 15) is 9.90 Å². The molecule has 1 fully saturated rings. The van der Waals surface area contributed by atoms with E-state index in [1.807, 2.05) is 29.2 Å². The summed E-state index contributed by atoms with van der Waals surface area (Å²) in [7, 11) is 3.27. The number of piperidine rings is 1. The zero-order chi connectivity index (χ0) is 20.4. The van der Waals surface area contributed by atoms with Crippen LogP contribution in [0, 0.1) is 5.92 Å². The highest BCUT2D eigenvalue weighted by Crippen LogP contribution is 2.30. The number of nitrogens with one attached hydrogen (secondary N) is 1. The Labute approximate surface area is 170 Å². The molecule has 1 amide bonds. The molecule has 4 rings (SSSR count). The molecule has 6 heteroatoms. The molecule has 0 spiro atoms. The first kappa shape index (κ1) is 19.2. The van der Waals surface area contributed by atoms with E-state index in [2.05, 4.69) is 11.1 Å². The Morgan fingerprint density at radius 2 is 1.97 bits per heavy atom. The average molecular weight is 394 g/mol. The van der Waals surface area contributed by atoms with Crippen molar-refractivity contribution in [2.24, 2.45) is 5.92 Å². The lowest BCUT2D eigenvalue weighted by atomic mass is 9.91. The molecule has 0 bridgehead atoms. The lowest BCUT2D eigenvalue weighted by Gasteiger charge is -2.32. The number of phenolic OH excluding ortho intramolecular Hbond substituents is 1. The highest BCUT2D eigenvalue weighted by atomic mass is 16.5. The number of benzene rings is 2. The Bertz CT molecular complexity index is 1030. The zero-order valence-corrected chi connectivity index (χ0v) is 16.8. The molecule has 1 unspecified atom stereocenters. The second-order valence-electron chi connectivity index (χ2n) is 7.61. The van der Waals surface area contributed by atoms with E-state index in [1.54, 1.807) is 26.4 Å². The monoisotopic (exact) mass is 394 g/mol. The Morgan fingerprint density at radius 1 is 1.14 bits per heavy atom. The maximum absolute atomic E-state index is 13.0. The molecule has 0 aliphatic carbocycles. The summed E-state index contributed by atoms with van der Waals surface area (Å²) in [6.07, 6.45) is 2.98. The van der Waals surface area contributed by atoms with Gasteiger partial charge in [-0.25, -0.2) is 0 Å². The van der Waals surface area contributed by atoms with E-state index in [1.165, 1.54) is 5.56 Å². The minimum atomic E-state index is 0.0118. The minimum absolute atomic E-state index is 0.0118. The van der Waals surface area contributed by atoms with E-state index in [0.717, 1.165) is 54.8 Å². The van der Waals surface area contributed by atoms with Crippen molar-refractivity contribution in [2.75, 3.05) is 27.3 Å². The van der Waals surface area contributed by atoms with E-state index < -0.39 is 0 Å². The molecule has 1 aromatic heterocycles. The van der Waals surface area contributed by atoms with Crippen LogP contribution >= 0.6 is 0 Å². The Morgan fingerprint density at radius 3 is 2.76 bits per heavy atom. The van der Waals surface area contributed by atoms with Crippen LogP contribution in [0.4, 0.5) is 0 Å². The largest absolute Gasteiger partial charge is 0.508 e. The number of carbonyl (C=O) groups is 1. The third-order valence-electron chi connectivity index (χ3n) is 5.61. The predicted molar refractivity (Wildman–Crippen MR) is 112 cm³/mol. The molecule has 2 aromatic carbocycles. The molecule has 0 radical (unpaired) electrons. The molecule has 29 heavy (non-hydrogen) atoms. The third-order valence-corrected chi connectivity index (χ3v) is 5.61. The number of methoxy groups -OCH3 is 2. The fourth-order valence-corrected chi connectivity index (χ4v) is 4.16. The number of fused-ring (bicyclic) bond motifs is 1. The highest BCUT2D eigenvalue weighted by molar-refractivity contribution is 5.98. The van der Waals surface area contributed by atoms with Gasteiger partial charge in [-0.15, -0.1) is 0 Å². The van der Waals surface area contributed by atoms with Crippen LogP contribution in [0.15, 0.2) is 42.5 Å². The van der Waals surface area contributed by atoms with Gasteiger partial charge in [0.25, 0.3) is 5.91 Å². The van der Waals surface area contributed by atoms with Gasteiger partial charge in [-0.2, -0.15) is 0 Å². The summed E-state index contributed by atoms with van der Waals surface area (Å²) in [4.78, 5) is 18.1. The van der Waals surface area contributed by atoms with Crippen LogP contribution in [0.25, 0.3) is 10.9 Å². The van der Waals surface area contributed by atoms with Gasteiger partial charge in [-0.3, -0.25) is 4.79 Å². The number of carbonyl (C=O) groups excluding carboxylic acids is 1. The van der Waals surface area contributed by atoms with Crippen LogP contribution in [-0.2, 0) is 6.42 Å². The van der Waals surface area contributed by atoms with E-state index >= 15 is 0 Å². The SMILES string of the molecule is COc1ccc(CC2CCCN(C(=O)c3cc4ccc(O)cc4[nH]3)C2)cc1OC. The van der Waals surface area contributed by atoms with Gasteiger partial charge >= 0.3 is 0 Å². The quantitative estimate of drug-likeness (QED) is 0.686. The van der Waals surface area contributed by atoms with Crippen LogP contribution < -0.4 is 9.47 Å². The molecule has 2 heterocycles. The Hall–Kier alpha value is -3.15. The molecule has 3 aromatic rings. The summed E-state index contributed by atoms with van der Waals surface area (Å²) < 4.78 is 10.7. The van der Waals surface area contributed by atoms with Crippen molar-refractivity contribution >= 4 is 16.8 Å². The van der Waals surface area contributed by atoms with Gasteiger partial charge in [0.15, 0.2) is 11.5 Å². The van der Waals surface area contributed by atoms with Gasteiger partial charge in [0.2, 0.25) is 0 Å². The van der Waals surface area contributed by atoms with Crippen LogP contribution in [0.5, 0.6) is 17.2 Å². The Balaban J connectivity index is 1.46. The first-order valence-corrected chi connectivity index (χ1v) is 9.89. The molecular formula is C23H26N2O4. The molecule has 1 atom stereocenters. The summed E-state index contributed by atoms with van der Waals surface area (Å²) in [6.45, 7) is 1.50. The van der Waals surface area contributed by atoms with Crippen molar-refractivity contribution in [3.05, 3.63) is 53.7 Å². The highest BCUT2D eigenvalue weighted by Gasteiger charge is 2.26. The summed E-state index contributed by atoms with van der Waals surface area (Å²) in [5.74, 6) is 2.06. The van der Waals surface area contributed by atoms with Crippen LogP contribution in [0.2, 0.25) is 0 Å². The molecule has 1 aliphatic rings. The number of hydrogen-bond donors (Lipinski definition) is 2. The van der Waals surface area contributed by atoms with Gasteiger partial charge in [-0.1, -0.05) is 6.07 Å². The lowest BCUT2D eigenvalue weighted by Crippen LogP contribution is -2.40. The molecule has 6 nitrogen and oxygen atoms in total. The van der Waals surface area contributed by atoms with Crippen molar-refractivity contribution < 1.29 is 19.4 Å². The minimum Gasteiger partial charge on any atom is -0.508 e. The number of aromatic nitrogens is 1. The fraction of sp³-hybridized carbons (Fsp3) is 0.348. The predicted octanol–water partition coefficient (Wildman–Crippen LogP) is 3.99. The summed E-state index contributed by atoms with van der Waals surface area (Å²) >= 11 is 0. The summed E-state index contributed by atoms with van der Waals surface area (Å²) in [5, 5.41) is 10.6. The first-order valence-electron chi connectivity index (χ1n) is 9.89. The van der Waals surface area contributed by atoms with Crippen LogP contribution in [-0.4, -0.2) is 48.2 Å². The normalized spacial score (nSPS) is 16.8. The summed E-state index contributed by atoms with van der Waals surface area (Å²) in [5.41, 5.74) is 2.52. The topological polar surface area (TPSA) is 74.8 Å². The zero-order valence-electron chi connectivity index (χ0n) is 16.8. The van der Waals surface area contributed by atoms with E-state index in [0.29, 0.717) is 11.6 Å². The molecule has 1 saturated heterocycles. The number of nitrogens with zero attached hydrogens (tertiary/aromatic N) is 1. The van der Waals surface area contributed by atoms with E-state index in [4.69, 9.17) is 9.47 Å². The number of H-pyrrole nitrogens is 1. The number of amides is 1. The van der Waals surface area contributed by atoms with Crippen molar-refractivity contribution in [3.8, 4) is 17.2 Å². The van der Waals surface area contributed by atoms with Gasteiger partial charge in [-0.05, 0) is 61.1 Å². The number of phenols is 1. The van der Waals surface area contributed by atoms with Gasteiger partial charge in [0, 0.05) is 30.1 Å². The van der Waals surface area contributed by atoms with Crippen molar-refractivity contribution in [3.63, 3.8) is 0 Å². The molecule has 2 N–H and O–H groups in total. The number of ether oxygens (including phenoxy) is 2. The van der Waals surface area contributed by atoms with E-state index in [-0.39, 0.29) is 11.7 Å². The molecule has 0 saturated carbocycles.